The Morgan fingerprint density at radius 1 is 1.28 bits per heavy atom. The number of carbonyl (C=O) groups excluding carboxylic acids is 1. The number of anilines is 1. The van der Waals surface area contributed by atoms with E-state index in [1.165, 1.54) is 10.6 Å². The number of halogens is 1. The van der Waals surface area contributed by atoms with Crippen LogP contribution in [0.3, 0.4) is 0 Å². The van der Waals surface area contributed by atoms with Crippen LogP contribution >= 0.6 is 0 Å². The highest BCUT2D eigenvalue weighted by molar-refractivity contribution is 5.90. The topological polar surface area (TPSA) is 75.4 Å². The minimum Gasteiger partial charge on any atom is -0.325 e. The number of urea groups is 1. The quantitative estimate of drug-likeness (QED) is 0.778. The molecular weight excluding hydrogens is 323 g/mol. The fraction of sp³-hybridized carbons (Fsp3) is 0.294. The third-order valence-electron chi connectivity index (χ3n) is 4.19. The lowest BCUT2D eigenvalue weighted by Gasteiger charge is -2.16. The molecule has 0 bridgehead atoms. The molecule has 1 aliphatic heterocycles. The van der Waals surface area contributed by atoms with Crippen LogP contribution in [0.2, 0.25) is 0 Å². The van der Waals surface area contributed by atoms with Gasteiger partial charge < -0.3 is 10.2 Å². The molecule has 0 atom stereocenters. The SMILES string of the molecule is Cc1cnc2nc(-c3cc(NC(=O)N4CCCC4)ccc3F)cn2n1. The molecular formula is C17H17FN6O. The van der Waals surface area contributed by atoms with E-state index in [0.29, 0.717) is 22.7 Å². The molecule has 1 N–H and O–H groups in total. The number of hydrogen-bond donors (Lipinski definition) is 1. The molecule has 25 heavy (non-hydrogen) atoms. The number of hydrogen-bond acceptors (Lipinski definition) is 4. The number of aromatic nitrogens is 4. The van der Waals surface area contributed by atoms with E-state index in [-0.39, 0.29) is 6.03 Å². The Kier molecular flexibility index (Phi) is 3.79. The fourth-order valence-electron chi connectivity index (χ4n) is 2.92. The first kappa shape index (κ1) is 15.5. The van der Waals surface area contributed by atoms with Crippen molar-refractivity contribution in [3.63, 3.8) is 0 Å². The van der Waals surface area contributed by atoms with Gasteiger partial charge in [-0.3, -0.25) is 0 Å². The smallest absolute Gasteiger partial charge is 0.321 e. The number of carbonyl (C=O) groups is 1. The number of amides is 2. The Hall–Kier alpha value is -3.03. The molecule has 0 radical (unpaired) electrons. The normalized spacial score (nSPS) is 14.2. The third-order valence-corrected chi connectivity index (χ3v) is 4.19. The molecule has 2 amide bonds. The van der Waals surface area contributed by atoms with Gasteiger partial charge in [0, 0.05) is 24.3 Å². The number of benzene rings is 1. The standard InChI is InChI=1S/C17H17FN6O/c1-11-9-19-16-21-15(10-24(16)22-11)13-8-12(4-5-14(13)18)20-17(25)23-6-2-3-7-23/h4-5,8-10H,2-3,6-7H2,1H3,(H,20,25). The van der Waals surface area contributed by atoms with Crippen molar-refractivity contribution in [1.82, 2.24) is 24.5 Å². The molecule has 3 heterocycles. The van der Waals surface area contributed by atoms with E-state index in [0.717, 1.165) is 31.6 Å². The predicted molar refractivity (Wildman–Crippen MR) is 90.7 cm³/mol. The van der Waals surface area contributed by atoms with Gasteiger partial charge in [-0.05, 0) is 38.0 Å². The average molecular weight is 340 g/mol. The first-order valence-electron chi connectivity index (χ1n) is 8.15. The van der Waals surface area contributed by atoms with Gasteiger partial charge in [-0.15, -0.1) is 0 Å². The van der Waals surface area contributed by atoms with Crippen LogP contribution in [0.25, 0.3) is 17.0 Å². The lowest BCUT2D eigenvalue weighted by atomic mass is 10.1. The summed E-state index contributed by atoms with van der Waals surface area (Å²) >= 11 is 0. The largest absolute Gasteiger partial charge is 0.325 e. The van der Waals surface area contributed by atoms with Gasteiger partial charge >= 0.3 is 6.03 Å². The molecule has 4 rings (SSSR count). The number of nitrogens with zero attached hydrogens (tertiary/aromatic N) is 5. The summed E-state index contributed by atoms with van der Waals surface area (Å²) in [6, 6.07) is 4.29. The molecule has 0 unspecified atom stereocenters. The highest BCUT2D eigenvalue weighted by Gasteiger charge is 2.19. The zero-order chi connectivity index (χ0) is 17.4. The number of nitrogens with one attached hydrogen (secondary N) is 1. The number of fused-ring (bicyclic) bond motifs is 1. The van der Waals surface area contributed by atoms with E-state index < -0.39 is 5.82 Å². The van der Waals surface area contributed by atoms with E-state index in [4.69, 9.17) is 0 Å². The summed E-state index contributed by atoms with van der Waals surface area (Å²) in [7, 11) is 0. The van der Waals surface area contributed by atoms with E-state index in [1.807, 2.05) is 6.92 Å². The maximum Gasteiger partial charge on any atom is 0.321 e. The van der Waals surface area contributed by atoms with Crippen molar-refractivity contribution in [2.75, 3.05) is 18.4 Å². The molecule has 1 fully saturated rings. The summed E-state index contributed by atoms with van der Waals surface area (Å²) in [6.45, 7) is 3.33. The van der Waals surface area contributed by atoms with Crippen molar-refractivity contribution in [2.45, 2.75) is 19.8 Å². The summed E-state index contributed by atoms with van der Waals surface area (Å²) in [5.74, 6) is -0.0224. The molecule has 8 heteroatoms. The van der Waals surface area contributed by atoms with Gasteiger partial charge in [-0.25, -0.2) is 23.7 Å². The average Bonchev–Trinajstić information content (AvgIpc) is 3.25. The van der Waals surface area contributed by atoms with E-state index >= 15 is 0 Å². The maximum absolute atomic E-state index is 14.3. The van der Waals surface area contributed by atoms with Crippen LogP contribution in [-0.2, 0) is 0 Å². The highest BCUT2D eigenvalue weighted by Crippen LogP contribution is 2.25. The lowest BCUT2D eigenvalue weighted by Crippen LogP contribution is -2.32. The van der Waals surface area contributed by atoms with E-state index in [2.05, 4.69) is 20.4 Å². The van der Waals surface area contributed by atoms with Gasteiger partial charge in [-0.1, -0.05) is 0 Å². The molecule has 128 valence electrons. The zero-order valence-corrected chi connectivity index (χ0v) is 13.7. The fourth-order valence-corrected chi connectivity index (χ4v) is 2.92. The van der Waals surface area contributed by atoms with Crippen molar-refractivity contribution < 1.29 is 9.18 Å². The van der Waals surface area contributed by atoms with Gasteiger partial charge in [0.25, 0.3) is 5.78 Å². The second-order valence-corrected chi connectivity index (χ2v) is 6.09. The second-order valence-electron chi connectivity index (χ2n) is 6.09. The number of likely N-dealkylation sites (tertiary alicyclic amines) is 1. The second kappa shape index (κ2) is 6.12. The minimum atomic E-state index is -0.417. The molecule has 2 aromatic heterocycles. The molecule has 0 saturated carbocycles. The number of rotatable bonds is 2. The van der Waals surface area contributed by atoms with Crippen LogP contribution in [0.1, 0.15) is 18.5 Å². The summed E-state index contributed by atoms with van der Waals surface area (Å²) in [5, 5.41) is 7.09. The Morgan fingerprint density at radius 3 is 2.88 bits per heavy atom. The Bertz CT molecular complexity index is 947. The predicted octanol–water partition coefficient (Wildman–Crippen LogP) is 2.87. The summed E-state index contributed by atoms with van der Waals surface area (Å²) in [6.07, 6.45) is 5.26. The van der Waals surface area contributed by atoms with Crippen LogP contribution in [0.15, 0.2) is 30.6 Å². The van der Waals surface area contributed by atoms with Gasteiger partial charge in [-0.2, -0.15) is 5.10 Å². The first-order valence-corrected chi connectivity index (χ1v) is 8.15. The van der Waals surface area contributed by atoms with Crippen molar-refractivity contribution in [3.05, 3.63) is 42.1 Å². The monoisotopic (exact) mass is 340 g/mol. The Balaban J connectivity index is 1.65. The van der Waals surface area contributed by atoms with Crippen LogP contribution in [-0.4, -0.2) is 43.6 Å². The van der Waals surface area contributed by atoms with Crippen LogP contribution < -0.4 is 5.32 Å². The minimum absolute atomic E-state index is 0.163. The van der Waals surface area contributed by atoms with E-state index in [9.17, 15) is 9.18 Å². The third kappa shape index (κ3) is 3.02. The number of imidazole rings is 1. The van der Waals surface area contributed by atoms with Crippen molar-refractivity contribution in [3.8, 4) is 11.3 Å². The first-order chi connectivity index (χ1) is 12.1. The molecule has 0 spiro atoms. The van der Waals surface area contributed by atoms with Crippen molar-refractivity contribution in [1.29, 1.82) is 0 Å². The molecule has 7 nitrogen and oxygen atoms in total. The molecule has 1 aromatic carbocycles. The lowest BCUT2D eigenvalue weighted by molar-refractivity contribution is 0.222. The summed E-state index contributed by atoms with van der Waals surface area (Å²) in [4.78, 5) is 22.4. The van der Waals surface area contributed by atoms with E-state index in [1.54, 1.807) is 29.4 Å². The molecule has 0 aliphatic carbocycles. The molecule has 1 saturated heterocycles. The zero-order valence-electron chi connectivity index (χ0n) is 13.7. The van der Waals surface area contributed by atoms with Gasteiger partial charge in [0.2, 0.25) is 0 Å². The van der Waals surface area contributed by atoms with Gasteiger partial charge in [0.1, 0.15) is 5.82 Å². The van der Waals surface area contributed by atoms with Crippen molar-refractivity contribution >= 4 is 17.5 Å². The Labute approximate surface area is 143 Å². The molecule has 3 aromatic rings. The van der Waals surface area contributed by atoms with Crippen LogP contribution in [0.4, 0.5) is 14.9 Å². The number of aryl methyl sites for hydroxylation is 1. The highest BCUT2D eigenvalue weighted by atomic mass is 19.1. The molecule has 1 aliphatic rings. The summed E-state index contributed by atoms with van der Waals surface area (Å²) < 4.78 is 15.8. The van der Waals surface area contributed by atoms with Crippen molar-refractivity contribution in [2.24, 2.45) is 0 Å². The van der Waals surface area contributed by atoms with Crippen LogP contribution in [0.5, 0.6) is 0 Å². The van der Waals surface area contributed by atoms with Crippen LogP contribution in [0, 0.1) is 12.7 Å². The Morgan fingerprint density at radius 2 is 2.08 bits per heavy atom. The summed E-state index contributed by atoms with van der Waals surface area (Å²) in [5.41, 5.74) is 1.98. The maximum atomic E-state index is 14.3. The van der Waals surface area contributed by atoms with Gasteiger partial charge in [0.05, 0.1) is 23.8 Å². The van der Waals surface area contributed by atoms with Gasteiger partial charge in [0.15, 0.2) is 0 Å².